The summed E-state index contributed by atoms with van der Waals surface area (Å²) in [7, 11) is 2.00. The molecule has 0 radical (unpaired) electrons. The molecule has 0 spiro atoms. The van der Waals surface area contributed by atoms with Crippen molar-refractivity contribution >= 4 is 0 Å². The molecule has 0 aromatic carbocycles. The summed E-state index contributed by atoms with van der Waals surface area (Å²) in [6.45, 7) is 10.4. The van der Waals surface area contributed by atoms with Crippen LogP contribution in [0.4, 0.5) is 0 Å². The van der Waals surface area contributed by atoms with Gasteiger partial charge in [-0.2, -0.15) is 0 Å². The van der Waals surface area contributed by atoms with Crippen molar-refractivity contribution < 1.29 is 4.74 Å². The van der Waals surface area contributed by atoms with Crippen LogP contribution in [0.5, 0.6) is 0 Å². The van der Waals surface area contributed by atoms with Crippen molar-refractivity contribution in [3.63, 3.8) is 0 Å². The maximum atomic E-state index is 5.25. The molecule has 3 nitrogen and oxygen atoms in total. The van der Waals surface area contributed by atoms with Crippen LogP contribution in [-0.2, 0) is 4.74 Å². The van der Waals surface area contributed by atoms with Gasteiger partial charge in [-0.05, 0) is 26.6 Å². The third-order valence-corrected chi connectivity index (χ3v) is 2.00. The van der Waals surface area contributed by atoms with Crippen LogP contribution in [0.1, 0.15) is 20.3 Å². The number of nitrogens with one attached hydrogen (secondary N) is 1. The van der Waals surface area contributed by atoms with Crippen molar-refractivity contribution in [1.82, 2.24) is 10.2 Å². The van der Waals surface area contributed by atoms with Gasteiger partial charge < -0.3 is 10.1 Å². The Morgan fingerprint density at radius 2 is 1.85 bits per heavy atom. The molecule has 1 aliphatic heterocycles. The third-order valence-electron chi connectivity index (χ3n) is 2.00. The fourth-order valence-electron chi connectivity index (χ4n) is 1.30. The van der Waals surface area contributed by atoms with E-state index in [4.69, 9.17) is 4.74 Å². The number of rotatable bonds is 4. The van der Waals surface area contributed by atoms with Crippen LogP contribution in [0.3, 0.4) is 0 Å². The van der Waals surface area contributed by atoms with Crippen LogP contribution < -0.4 is 5.32 Å². The highest BCUT2D eigenvalue weighted by atomic mass is 16.5. The van der Waals surface area contributed by atoms with E-state index in [-0.39, 0.29) is 0 Å². The molecule has 1 fully saturated rings. The van der Waals surface area contributed by atoms with E-state index in [1.54, 1.807) is 0 Å². The molecule has 1 N–H and O–H groups in total. The van der Waals surface area contributed by atoms with Crippen molar-refractivity contribution in [1.29, 1.82) is 0 Å². The minimum absolute atomic E-state index is 0.916. The number of ether oxygens (including phenoxy) is 1. The van der Waals surface area contributed by atoms with Gasteiger partial charge in [0.25, 0.3) is 0 Å². The van der Waals surface area contributed by atoms with Gasteiger partial charge in [-0.15, -0.1) is 0 Å². The predicted octanol–water partition coefficient (Wildman–Crippen LogP) is 0.954. The van der Waals surface area contributed by atoms with E-state index in [9.17, 15) is 0 Å². The molecular weight excluding hydrogens is 164 g/mol. The first-order valence-corrected chi connectivity index (χ1v) is 5.38. The van der Waals surface area contributed by atoms with Gasteiger partial charge in [0.1, 0.15) is 0 Å². The van der Waals surface area contributed by atoms with Gasteiger partial charge in [-0.1, -0.05) is 13.8 Å². The Morgan fingerprint density at radius 3 is 2.38 bits per heavy atom. The topological polar surface area (TPSA) is 24.5 Å². The van der Waals surface area contributed by atoms with E-state index < -0.39 is 0 Å². The highest BCUT2D eigenvalue weighted by Crippen LogP contribution is 1.96. The molecule has 3 heteroatoms. The number of hydrogen-bond acceptors (Lipinski definition) is 3. The molecule has 0 aliphatic carbocycles. The second-order valence-corrected chi connectivity index (χ2v) is 2.91. The molecule has 13 heavy (non-hydrogen) atoms. The molecule has 0 atom stereocenters. The summed E-state index contributed by atoms with van der Waals surface area (Å²) in [5.41, 5.74) is 0. The first-order chi connectivity index (χ1) is 6.43. The smallest absolute Gasteiger partial charge is 0.0594 e. The molecular formula is C10H24N2O. The Bertz CT molecular complexity index is 92.9. The van der Waals surface area contributed by atoms with Crippen molar-refractivity contribution in [3.05, 3.63) is 0 Å². The molecule has 80 valence electrons. The fraction of sp³-hybridized carbons (Fsp3) is 1.00. The number of morpholine rings is 1. The van der Waals surface area contributed by atoms with Gasteiger partial charge in [-0.25, -0.2) is 0 Å². The number of nitrogens with zero attached hydrogens (tertiary/aromatic N) is 1. The molecule has 0 saturated carbocycles. The minimum Gasteiger partial charge on any atom is -0.379 e. The molecule has 0 unspecified atom stereocenters. The van der Waals surface area contributed by atoms with Crippen LogP contribution in [0.25, 0.3) is 0 Å². The summed E-state index contributed by atoms with van der Waals surface area (Å²) in [4.78, 5) is 2.46. The highest BCUT2D eigenvalue weighted by Gasteiger charge is 2.08. The van der Waals surface area contributed by atoms with E-state index in [2.05, 4.69) is 10.2 Å². The molecule has 0 aromatic heterocycles. The summed E-state index contributed by atoms with van der Waals surface area (Å²) >= 11 is 0. The zero-order valence-corrected chi connectivity index (χ0v) is 9.31. The Morgan fingerprint density at radius 1 is 1.23 bits per heavy atom. The summed E-state index contributed by atoms with van der Waals surface area (Å²) < 4.78 is 5.25. The largest absolute Gasteiger partial charge is 0.379 e. The summed E-state index contributed by atoms with van der Waals surface area (Å²) in [6.07, 6.45) is 1.25. The number of hydrogen-bond donors (Lipinski definition) is 1. The highest BCUT2D eigenvalue weighted by molar-refractivity contribution is 4.61. The second kappa shape index (κ2) is 9.96. The summed E-state index contributed by atoms with van der Waals surface area (Å²) in [6, 6.07) is 0. The van der Waals surface area contributed by atoms with E-state index in [0.717, 1.165) is 32.8 Å². The zero-order valence-electron chi connectivity index (χ0n) is 9.31. The van der Waals surface area contributed by atoms with Gasteiger partial charge in [0, 0.05) is 13.1 Å². The summed E-state index contributed by atoms with van der Waals surface area (Å²) in [5.74, 6) is 0. The third kappa shape index (κ3) is 6.99. The molecule has 0 amide bonds. The Labute approximate surface area is 82.4 Å². The maximum Gasteiger partial charge on any atom is 0.0594 e. The molecule has 1 saturated heterocycles. The van der Waals surface area contributed by atoms with E-state index >= 15 is 0 Å². The Hall–Kier alpha value is -0.120. The average molecular weight is 188 g/mol. The van der Waals surface area contributed by atoms with Crippen LogP contribution in [0, 0.1) is 0 Å². The molecule has 0 aromatic rings. The first-order valence-electron chi connectivity index (χ1n) is 5.38. The second-order valence-electron chi connectivity index (χ2n) is 2.91. The van der Waals surface area contributed by atoms with E-state index in [1.165, 1.54) is 13.0 Å². The van der Waals surface area contributed by atoms with Gasteiger partial charge >= 0.3 is 0 Å². The normalized spacial score (nSPS) is 17.8. The molecule has 0 bridgehead atoms. The van der Waals surface area contributed by atoms with Gasteiger partial charge in [0.15, 0.2) is 0 Å². The lowest BCUT2D eigenvalue weighted by Crippen LogP contribution is -2.37. The monoisotopic (exact) mass is 188 g/mol. The van der Waals surface area contributed by atoms with Crippen LogP contribution in [0.2, 0.25) is 0 Å². The van der Waals surface area contributed by atoms with Crippen molar-refractivity contribution in [3.8, 4) is 0 Å². The van der Waals surface area contributed by atoms with Gasteiger partial charge in [0.05, 0.1) is 13.2 Å². The van der Waals surface area contributed by atoms with Crippen LogP contribution in [0.15, 0.2) is 0 Å². The lowest BCUT2D eigenvalue weighted by atomic mass is 10.3. The van der Waals surface area contributed by atoms with Gasteiger partial charge in [-0.3, -0.25) is 4.90 Å². The Kier molecular flexibility index (Phi) is 9.87. The van der Waals surface area contributed by atoms with E-state index in [0.29, 0.717) is 0 Å². The quantitative estimate of drug-likeness (QED) is 0.665. The molecule has 1 heterocycles. The van der Waals surface area contributed by atoms with Crippen LogP contribution in [-0.4, -0.2) is 51.3 Å². The lowest BCUT2D eigenvalue weighted by Gasteiger charge is -2.26. The maximum absolute atomic E-state index is 5.25. The van der Waals surface area contributed by atoms with Crippen molar-refractivity contribution in [2.24, 2.45) is 0 Å². The zero-order chi connectivity index (χ0) is 9.94. The molecule has 1 aliphatic rings. The average Bonchev–Trinajstić information content (AvgIpc) is 2.23. The standard InChI is InChI=1S/C8H18N2O.C2H6/c1-9-3-2-4-10-5-7-11-8-6-10;1-2/h9H,2-8H2,1H3;1-2H3. The fourth-order valence-corrected chi connectivity index (χ4v) is 1.30. The van der Waals surface area contributed by atoms with Gasteiger partial charge in [0.2, 0.25) is 0 Å². The van der Waals surface area contributed by atoms with Crippen LogP contribution >= 0.6 is 0 Å². The predicted molar refractivity (Wildman–Crippen MR) is 57.2 cm³/mol. The van der Waals surface area contributed by atoms with Crippen molar-refractivity contribution in [2.75, 3.05) is 46.4 Å². The Balaban J connectivity index is 0.000000671. The summed E-state index contributed by atoms with van der Waals surface area (Å²) in [5, 5.41) is 3.15. The first kappa shape index (κ1) is 12.9. The minimum atomic E-state index is 0.916. The SMILES string of the molecule is CC.CNCCCN1CCOCC1. The lowest BCUT2D eigenvalue weighted by molar-refractivity contribution is 0.0375. The molecule has 1 rings (SSSR count). The van der Waals surface area contributed by atoms with Crippen molar-refractivity contribution in [2.45, 2.75) is 20.3 Å². The van der Waals surface area contributed by atoms with E-state index in [1.807, 2.05) is 20.9 Å².